The Morgan fingerprint density at radius 1 is 1.35 bits per heavy atom. The second-order valence-electron chi connectivity index (χ2n) is 5.62. The first-order valence-corrected chi connectivity index (χ1v) is 7.09. The highest BCUT2D eigenvalue weighted by Crippen LogP contribution is 2.23. The Morgan fingerprint density at radius 3 is 2.60 bits per heavy atom. The summed E-state index contributed by atoms with van der Waals surface area (Å²) in [6.45, 7) is 6.65. The molecule has 0 aromatic heterocycles. The van der Waals surface area contributed by atoms with E-state index in [1.807, 2.05) is 13.0 Å². The number of benzene rings is 1. The van der Waals surface area contributed by atoms with Gasteiger partial charge >= 0.3 is 0 Å². The fourth-order valence-corrected chi connectivity index (χ4v) is 2.89. The standard InChI is InChI=1S/C15H22N2O3/c1-10-7-14(8-11(2)20-10)16-9-13-5-4-6-15(12(13)3)17(18)19/h4-6,10-11,14,16H,7-9H2,1-3H3. The average molecular weight is 278 g/mol. The summed E-state index contributed by atoms with van der Waals surface area (Å²) in [4.78, 5) is 10.6. The van der Waals surface area contributed by atoms with Gasteiger partial charge in [-0.25, -0.2) is 0 Å². The number of nitrogens with zero attached hydrogens (tertiary/aromatic N) is 1. The molecule has 0 aliphatic carbocycles. The largest absolute Gasteiger partial charge is 0.375 e. The third-order valence-corrected chi connectivity index (χ3v) is 3.89. The lowest BCUT2D eigenvalue weighted by Crippen LogP contribution is -2.41. The number of hydrogen-bond donors (Lipinski definition) is 1. The molecule has 0 bridgehead atoms. The summed E-state index contributed by atoms with van der Waals surface area (Å²) in [6.07, 6.45) is 2.50. The molecule has 1 N–H and O–H groups in total. The first-order chi connectivity index (χ1) is 9.47. The van der Waals surface area contributed by atoms with Gasteiger partial charge in [0.15, 0.2) is 0 Å². The molecule has 1 fully saturated rings. The molecule has 1 aromatic carbocycles. The van der Waals surface area contributed by atoms with Crippen LogP contribution in [0.3, 0.4) is 0 Å². The van der Waals surface area contributed by atoms with Gasteiger partial charge in [-0.05, 0) is 39.2 Å². The highest BCUT2D eigenvalue weighted by Gasteiger charge is 2.24. The van der Waals surface area contributed by atoms with Gasteiger partial charge in [-0.1, -0.05) is 12.1 Å². The molecular weight excluding hydrogens is 256 g/mol. The van der Waals surface area contributed by atoms with E-state index in [1.165, 1.54) is 0 Å². The van der Waals surface area contributed by atoms with Crippen LogP contribution in [0, 0.1) is 17.0 Å². The lowest BCUT2D eigenvalue weighted by Gasteiger charge is -2.32. The van der Waals surface area contributed by atoms with E-state index in [9.17, 15) is 10.1 Å². The minimum Gasteiger partial charge on any atom is -0.375 e. The minimum absolute atomic E-state index is 0.193. The van der Waals surface area contributed by atoms with Gasteiger partial charge in [-0.2, -0.15) is 0 Å². The molecule has 0 amide bonds. The molecule has 1 saturated heterocycles. The molecule has 2 unspecified atom stereocenters. The number of nitrogens with one attached hydrogen (secondary N) is 1. The summed E-state index contributed by atoms with van der Waals surface area (Å²) in [5.41, 5.74) is 1.93. The van der Waals surface area contributed by atoms with Crippen molar-refractivity contribution < 1.29 is 9.66 Å². The fourth-order valence-electron chi connectivity index (χ4n) is 2.89. The Bertz CT molecular complexity index is 480. The summed E-state index contributed by atoms with van der Waals surface area (Å²) in [5, 5.41) is 14.4. The third-order valence-electron chi connectivity index (χ3n) is 3.89. The van der Waals surface area contributed by atoms with Crippen LogP contribution in [0.5, 0.6) is 0 Å². The molecule has 1 aliphatic heterocycles. The second kappa shape index (κ2) is 6.33. The van der Waals surface area contributed by atoms with Crippen LogP contribution in [0.4, 0.5) is 5.69 Å². The lowest BCUT2D eigenvalue weighted by atomic mass is 9.99. The second-order valence-corrected chi connectivity index (χ2v) is 5.62. The first kappa shape index (κ1) is 14.9. The van der Waals surface area contributed by atoms with Gasteiger partial charge < -0.3 is 10.1 Å². The van der Waals surface area contributed by atoms with Crippen LogP contribution in [-0.2, 0) is 11.3 Å². The first-order valence-electron chi connectivity index (χ1n) is 7.09. The van der Waals surface area contributed by atoms with Crippen molar-refractivity contribution in [1.29, 1.82) is 0 Å². The van der Waals surface area contributed by atoms with E-state index >= 15 is 0 Å². The quantitative estimate of drug-likeness (QED) is 0.679. The van der Waals surface area contributed by atoms with Crippen LogP contribution in [0.2, 0.25) is 0 Å². The Balaban J connectivity index is 2.00. The van der Waals surface area contributed by atoms with E-state index in [4.69, 9.17) is 4.74 Å². The van der Waals surface area contributed by atoms with Gasteiger partial charge in [0.05, 0.1) is 17.1 Å². The summed E-state index contributed by atoms with van der Waals surface area (Å²) < 4.78 is 5.71. The summed E-state index contributed by atoms with van der Waals surface area (Å²) >= 11 is 0. The van der Waals surface area contributed by atoms with Crippen LogP contribution in [0.1, 0.15) is 37.8 Å². The van der Waals surface area contributed by atoms with Gasteiger partial charge in [0.2, 0.25) is 0 Å². The number of nitro benzene ring substituents is 1. The van der Waals surface area contributed by atoms with Gasteiger partial charge in [-0.15, -0.1) is 0 Å². The number of nitro groups is 1. The van der Waals surface area contributed by atoms with Crippen molar-refractivity contribution in [2.75, 3.05) is 0 Å². The molecule has 0 spiro atoms. The zero-order valence-electron chi connectivity index (χ0n) is 12.3. The maximum absolute atomic E-state index is 10.9. The van der Waals surface area contributed by atoms with Crippen LogP contribution in [0.25, 0.3) is 0 Å². The number of hydrogen-bond acceptors (Lipinski definition) is 4. The van der Waals surface area contributed by atoms with Gasteiger partial charge in [-0.3, -0.25) is 10.1 Å². The topological polar surface area (TPSA) is 64.4 Å². The zero-order valence-corrected chi connectivity index (χ0v) is 12.3. The fraction of sp³-hybridized carbons (Fsp3) is 0.600. The molecule has 20 heavy (non-hydrogen) atoms. The summed E-state index contributed by atoms with van der Waals surface area (Å²) in [7, 11) is 0. The maximum Gasteiger partial charge on any atom is 0.272 e. The van der Waals surface area contributed by atoms with Gasteiger partial charge in [0, 0.05) is 24.2 Å². The SMILES string of the molecule is Cc1c(CNC2CC(C)OC(C)C2)cccc1[N+](=O)[O-]. The molecule has 0 saturated carbocycles. The minimum atomic E-state index is -0.322. The van der Waals surface area contributed by atoms with Gasteiger partial charge in [0.25, 0.3) is 5.69 Å². The average Bonchev–Trinajstić information content (AvgIpc) is 2.36. The van der Waals surface area contributed by atoms with Crippen molar-refractivity contribution >= 4 is 5.69 Å². The van der Waals surface area contributed by atoms with Gasteiger partial charge in [0.1, 0.15) is 0 Å². The van der Waals surface area contributed by atoms with E-state index in [0.29, 0.717) is 12.6 Å². The van der Waals surface area contributed by atoms with E-state index in [2.05, 4.69) is 19.2 Å². The maximum atomic E-state index is 10.9. The van der Waals surface area contributed by atoms with E-state index in [0.717, 1.165) is 24.0 Å². The van der Waals surface area contributed by atoms with Crippen LogP contribution >= 0.6 is 0 Å². The summed E-state index contributed by atoms with van der Waals surface area (Å²) in [5.74, 6) is 0. The monoisotopic (exact) mass is 278 g/mol. The molecule has 1 aliphatic rings. The molecule has 0 radical (unpaired) electrons. The smallest absolute Gasteiger partial charge is 0.272 e. The van der Waals surface area contributed by atoms with Crippen molar-refractivity contribution in [1.82, 2.24) is 5.32 Å². The molecule has 110 valence electrons. The highest BCUT2D eigenvalue weighted by molar-refractivity contribution is 5.44. The lowest BCUT2D eigenvalue weighted by molar-refractivity contribution is -0.385. The molecule has 1 heterocycles. The molecule has 2 atom stereocenters. The molecule has 1 aromatic rings. The normalized spacial score (nSPS) is 26.4. The molecule has 5 nitrogen and oxygen atoms in total. The molecule has 5 heteroatoms. The van der Waals surface area contributed by atoms with E-state index < -0.39 is 0 Å². The van der Waals surface area contributed by atoms with Crippen molar-refractivity contribution in [2.45, 2.75) is 58.4 Å². The Morgan fingerprint density at radius 2 is 2.00 bits per heavy atom. The highest BCUT2D eigenvalue weighted by atomic mass is 16.6. The van der Waals surface area contributed by atoms with Crippen molar-refractivity contribution in [3.63, 3.8) is 0 Å². The van der Waals surface area contributed by atoms with Crippen LogP contribution < -0.4 is 5.32 Å². The zero-order chi connectivity index (χ0) is 14.7. The number of rotatable bonds is 4. The van der Waals surface area contributed by atoms with Crippen molar-refractivity contribution in [3.05, 3.63) is 39.4 Å². The Hall–Kier alpha value is -1.46. The van der Waals surface area contributed by atoms with Crippen molar-refractivity contribution in [2.24, 2.45) is 0 Å². The van der Waals surface area contributed by atoms with Crippen LogP contribution in [0.15, 0.2) is 18.2 Å². The van der Waals surface area contributed by atoms with Crippen molar-refractivity contribution in [3.8, 4) is 0 Å². The van der Waals surface area contributed by atoms with E-state index in [-0.39, 0.29) is 22.8 Å². The van der Waals surface area contributed by atoms with Crippen LogP contribution in [-0.4, -0.2) is 23.2 Å². The molecule has 2 rings (SSSR count). The Kier molecular flexibility index (Phi) is 4.73. The number of ether oxygens (including phenoxy) is 1. The van der Waals surface area contributed by atoms with E-state index in [1.54, 1.807) is 12.1 Å². The third kappa shape index (κ3) is 3.55. The predicted molar refractivity (Wildman–Crippen MR) is 77.7 cm³/mol. The molecular formula is C15H22N2O3. The Labute approximate surface area is 119 Å². The summed E-state index contributed by atoms with van der Waals surface area (Å²) in [6, 6.07) is 5.66. The predicted octanol–water partition coefficient (Wildman–Crippen LogP) is 2.95.